The molecule has 2 amide bonds. The minimum Gasteiger partial charge on any atom is -0.497 e. The maximum absolute atomic E-state index is 13.0. The summed E-state index contributed by atoms with van der Waals surface area (Å²) >= 11 is 0. The van der Waals surface area contributed by atoms with E-state index in [4.69, 9.17) is 4.74 Å². The van der Waals surface area contributed by atoms with Gasteiger partial charge in [0.1, 0.15) is 11.8 Å². The minimum absolute atomic E-state index is 0.102. The molecule has 0 radical (unpaired) electrons. The summed E-state index contributed by atoms with van der Waals surface area (Å²) in [5, 5.41) is 5.76. The maximum atomic E-state index is 13.0. The third kappa shape index (κ3) is 6.11. The van der Waals surface area contributed by atoms with Crippen LogP contribution in [0.2, 0.25) is 0 Å². The molecule has 0 aliphatic carbocycles. The van der Waals surface area contributed by atoms with E-state index >= 15 is 0 Å². The zero-order valence-electron chi connectivity index (χ0n) is 16.1. The van der Waals surface area contributed by atoms with Crippen molar-refractivity contribution < 1.29 is 14.3 Å². The number of carbonyl (C=O) groups is 2. The molecule has 2 aromatic carbocycles. The number of likely N-dealkylation sites (N-methyl/N-ethyl adjacent to an activating group) is 1. The molecule has 2 aromatic rings. The van der Waals surface area contributed by atoms with Gasteiger partial charge in [-0.1, -0.05) is 43.3 Å². The summed E-state index contributed by atoms with van der Waals surface area (Å²) in [7, 11) is 3.35. The van der Waals surface area contributed by atoms with Crippen molar-refractivity contribution in [2.45, 2.75) is 19.4 Å². The fourth-order valence-corrected chi connectivity index (χ4v) is 2.79. The molecule has 0 saturated heterocycles. The van der Waals surface area contributed by atoms with Gasteiger partial charge in [-0.15, -0.1) is 0 Å². The lowest BCUT2D eigenvalue weighted by atomic mass is 10.0. The second-order valence-corrected chi connectivity index (χ2v) is 6.30. The summed E-state index contributed by atoms with van der Waals surface area (Å²) in [5.41, 5.74) is 1.47. The molecule has 6 nitrogen and oxygen atoms in total. The van der Waals surface area contributed by atoms with Crippen molar-refractivity contribution in [3.8, 4) is 5.75 Å². The van der Waals surface area contributed by atoms with Crippen LogP contribution in [0.15, 0.2) is 54.6 Å². The zero-order chi connectivity index (χ0) is 19.6. The predicted octanol–water partition coefficient (Wildman–Crippen LogP) is 2.83. The van der Waals surface area contributed by atoms with Crippen LogP contribution in [0.4, 0.5) is 5.69 Å². The van der Waals surface area contributed by atoms with Crippen LogP contribution < -0.4 is 15.4 Å². The van der Waals surface area contributed by atoms with Gasteiger partial charge in [0.25, 0.3) is 0 Å². The normalized spacial score (nSPS) is 11.7. The largest absolute Gasteiger partial charge is 0.497 e. The van der Waals surface area contributed by atoms with Gasteiger partial charge < -0.3 is 15.4 Å². The molecular weight excluding hydrogens is 342 g/mol. The summed E-state index contributed by atoms with van der Waals surface area (Å²) in [6.45, 7) is 2.75. The highest BCUT2D eigenvalue weighted by molar-refractivity contribution is 5.96. The van der Waals surface area contributed by atoms with E-state index in [0.717, 1.165) is 12.0 Å². The molecule has 0 aliphatic heterocycles. The maximum Gasteiger partial charge on any atom is 0.246 e. The summed E-state index contributed by atoms with van der Waals surface area (Å²) in [6, 6.07) is 16.0. The lowest BCUT2D eigenvalue weighted by molar-refractivity contribution is -0.125. The number of carbonyl (C=O) groups excluding carboxylic acids is 2. The molecule has 1 atom stereocenters. The number of nitrogens with zero attached hydrogens (tertiary/aromatic N) is 1. The van der Waals surface area contributed by atoms with E-state index in [-0.39, 0.29) is 18.4 Å². The van der Waals surface area contributed by atoms with Crippen LogP contribution in [0.1, 0.15) is 24.9 Å². The summed E-state index contributed by atoms with van der Waals surface area (Å²) < 4.78 is 5.20. The van der Waals surface area contributed by atoms with Crippen molar-refractivity contribution in [1.29, 1.82) is 0 Å². The SMILES string of the molecule is CCCNC(=O)CN(C)[C@@H](C(=O)Nc1cccc(OC)c1)c1ccccc1. The van der Waals surface area contributed by atoms with Crippen molar-refractivity contribution in [3.63, 3.8) is 0 Å². The van der Waals surface area contributed by atoms with Crippen molar-refractivity contribution >= 4 is 17.5 Å². The highest BCUT2D eigenvalue weighted by Crippen LogP contribution is 2.23. The van der Waals surface area contributed by atoms with Crippen LogP contribution in [0.3, 0.4) is 0 Å². The average molecular weight is 369 g/mol. The number of nitrogens with one attached hydrogen (secondary N) is 2. The molecule has 0 fully saturated rings. The van der Waals surface area contributed by atoms with Crippen molar-refractivity contribution in [2.75, 3.05) is 32.6 Å². The van der Waals surface area contributed by atoms with Crippen molar-refractivity contribution in [2.24, 2.45) is 0 Å². The number of hydrogen-bond donors (Lipinski definition) is 2. The third-order valence-electron chi connectivity index (χ3n) is 4.11. The molecule has 0 aromatic heterocycles. The van der Waals surface area contributed by atoms with Crippen LogP contribution in [-0.2, 0) is 9.59 Å². The first-order valence-electron chi connectivity index (χ1n) is 9.02. The Morgan fingerprint density at radius 1 is 1.11 bits per heavy atom. The highest BCUT2D eigenvalue weighted by Gasteiger charge is 2.26. The first-order chi connectivity index (χ1) is 13.0. The van der Waals surface area contributed by atoms with Gasteiger partial charge in [-0.25, -0.2) is 0 Å². The van der Waals surface area contributed by atoms with Gasteiger partial charge in [0.05, 0.1) is 13.7 Å². The quantitative estimate of drug-likeness (QED) is 0.713. The van der Waals surface area contributed by atoms with E-state index in [0.29, 0.717) is 18.0 Å². The molecule has 0 heterocycles. The van der Waals surface area contributed by atoms with Gasteiger partial charge in [-0.05, 0) is 31.2 Å². The van der Waals surface area contributed by atoms with E-state index < -0.39 is 6.04 Å². The van der Waals surface area contributed by atoms with E-state index in [1.807, 2.05) is 49.4 Å². The zero-order valence-corrected chi connectivity index (χ0v) is 16.1. The lowest BCUT2D eigenvalue weighted by Crippen LogP contribution is -2.41. The molecule has 2 rings (SSSR count). The molecule has 144 valence electrons. The molecule has 2 N–H and O–H groups in total. The molecular formula is C21H27N3O3. The van der Waals surface area contributed by atoms with Gasteiger partial charge in [0, 0.05) is 18.3 Å². The van der Waals surface area contributed by atoms with Gasteiger partial charge in [-0.3, -0.25) is 14.5 Å². The Morgan fingerprint density at radius 2 is 1.85 bits per heavy atom. The van der Waals surface area contributed by atoms with E-state index in [1.165, 1.54) is 0 Å². The van der Waals surface area contributed by atoms with Crippen LogP contribution in [0, 0.1) is 0 Å². The second kappa shape index (κ2) is 10.3. The lowest BCUT2D eigenvalue weighted by Gasteiger charge is -2.27. The number of ether oxygens (including phenoxy) is 1. The first-order valence-corrected chi connectivity index (χ1v) is 9.02. The Morgan fingerprint density at radius 3 is 2.52 bits per heavy atom. The Kier molecular flexibility index (Phi) is 7.82. The molecule has 0 spiro atoms. The number of rotatable bonds is 9. The minimum atomic E-state index is -0.593. The molecule has 0 aliphatic rings. The van der Waals surface area contributed by atoms with Crippen LogP contribution >= 0.6 is 0 Å². The van der Waals surface area contributed by atoms with Gasteiger partial charge in [0.2, 0.25) is 11.8 Å². The summed E-state index contributed by atoms with van der Waals surface area (Å²) in [5.74, 6) is 0.353. The average Bonchev–Trinajstić information content (AvgIpc) is 2.67. The Bertz CT molecular complexity index is 749. The van der Waals surface area contributed by atoms with Gasteiger partial charge in [0.15, 0.2) is 0 Å². The second-order valence-electron chi connectivity index (χ2n) is 6.30. The van der Waals surface area contributed by atoms with E-state index in [2.05, 4.69) is 10.6 Å². The van der Waals surface area contributed by atoms with Crippen LogP contribution in [0.5, 0.6) is 5.75 Å². The highest BCUT2D eigenvalue weighted by atomic mass is 16.5. The predicted molar refractivity (Wildman–Crippen MR) is 107 cm³/mol. The smallest absolute Gasteiger partial charge is 0.246 e. The van der Waals surface area contributed by atoms with E-state index in [9.17, 15) is 9.59 Å². The van der Waals surface area contributed by atoms with E-state index in [1.54, 1.807) is 31.2 Å². The molecule has 0 unspecified atom stereocenters. The monoisotopic (exact) mass is 369 g/mol. The van der Waals surface area contributed by atoms with Crippen molar-refractivity contribution in [3.05, 3.63) is 60.2 Å². The molecule has 0 bridgehead atoms. The number of methoxy groups -OCH3 is 1. The topological polar surface area (TPSA) is 70.7 Å². The first kappa shape index (κ1) is 20.5. The van der Waals surface area contributed by atoms with Gasteiger partial charge >= 0.3 is 0 Å². The number of benzene rings is 2. The van der Waals surface area contributed by atoms with Gasteiger partial charge in [-0.2, -0.15) is 0 Å². The van der Waals surface area contributed by atoms with Crippen LogP contribution in [-0.4, -0.2) is 44.0 Å². The molecule has 27 heavy (non-hydrogen) atoms. The fourth-order valence-electron chi connectivity index (χ4n) is 2.79. The molecule has 6 heteroatoms. The molecule has 0 saturated carbocycles. The van der Waals surface area contributed by atoms with Crippen molar-refractivity contribution in [1.82, 2.24) is 10.2 Å². The summed E-state index contributed by atoms with van der Waals surface area (Å²) in [6.07, 6.45) is 0.869. The number of hydrogen-bond acceptors (Lipinski definition) is 4. The Hall–Kier alpha value is -2.86. The Balaban J connectivity index is 2.18. The number of amides is 2. The number of anilines is 1. The third-order valence-corrected chi connectivity index (χ3v) is 4.11. The standard InChI is InChI=1S/C21H27N3O3/c1-4-13-22-19(25)15-24(2)20(16-9-6-5-7-10-16)21(26)23-17-11-8-12-18(14-17)27-3/h5-12,14,20H,4,13,15H2,1-3H3,(H,22,25)(H,23,26)/t20-/m1/s1. The van der Waals surface area contributed by atoms with Crippen LogP contribution in [0.25, 0.3) is 0 Å². The fraction of sp³-hybridized carbons (Fsp3) is 0.333. The Labute approximate surface area is 160 Å². The summed E-state index contributed by atoms with van der Waals surface area (Å²) in [4.78, 5) is 26.9.